The molecule has 6 nitrogen and oxygen atoms in total. The summed E-state index contributed by atoms with van der Waals surface area (Å²) in [4.78, 5) is 27.2. The van der Waals surface area contributed by atoms with Gasteiger partial charge in [0.2, 0.25) is 5.91 Å². The van der Waals surface area contributed by atoms with Gasteiger partial charge in [0.25, 0.3) is 5.91 Å². The van der Waals surface area contributed by atoms with Crippen molar-refractivity contribution in [2.24, 2.45) is 0 Å². The molecule has 2 amide bonds. The number of amides is 2. The van der Waals surface area contributed by atoms with Crippen molar-refractivity contribution in [2.75, 3.05) is 11.9 Å². The molecule has 6 heteroatoms. The lowest BCUT2D eigenvalue weighted by Gasteiger charge is -2.34. The molecule has 1 atom stereocenters. The van der Waals surface area contributed by atoms with Gasteiger partial charge >= 0.3 is 0 Å². The largest absolute Gasteiger partial charge is 0.459 e. The molecule has 0 radical (unpaired) electrons. The summed E-state index contributed by atoms with van der Waals surface area (Å²) in [7, 11) is 0. The van der Waals surface area contributed by atoms with E-state index in [1.54, 1.807) is 29.2 Å². The average molecular weight is 404 g/mol. The van der Waals surface area contributed by atoms with Crippen LogP contribution in [0.3, 0.4) is 0 Å². The number of rotatable bonds is 5. The van der Waals surface area contributed by atoms with Crippen LogP contribution in [-0.2, 0) is 4.79 Å². The van der Waals surface area contributed by atoms with Crippen LogP contribution in [0.4, 0.5) is 5.69 Å². The lowest BCUT2D eigenvalue weighted by Crippen LogP contribution is -2.49. The molecule has 1 aliphatic rings. The Labute approximate surface area is 175 Å². The normalized spacial score (nSPS) is 16.2. The van der Waals surface area contributed by atoms with Gasteiger partial charge in [0.15, 0.2) is 5.76 Å². The Kier molecular flexibility index (Phi) is 5.84. The minimum Gasteiger partial charge on any atom is -0.459 e. The number of likely N-dealkylation sites (tertiary alicyclic amines) is 1. The van der Waals surface area contributed by atoms with Gasteiger partial charge in [0.1, 0.15) is 17.5 Å². The van der Waals surface area contributed by atoms with Crippen LogP contribution in [0.1, 0.15) is 35.4 Å². The highest BCUT2D eigenvalue weighted by Gasteiger charge is 2.33. The van der Waals surface area contributed by atoms with Gasteiger partial charge in [0, 0.05) is 12.2 Å². The van der Waals surface area contributed by atoms with Gasteiger partial charge in [-0.2, -0.15) is 0 Å². The highest BCUT2D eigenvalue weighted by molar-refractivity contribution is 6.00. The molecule has 2 aromatic carbocycles. The van der Waals surface area contributed by atoms with E-state index in [-0.39, 0.29) is 17.6 Å². The van der Waals surface area contributed by atoms with Crippen LogP contribution in [0.15, 0.2) is 71.3 Å². The molecular formula is C24H24N2O4. The molecule has 1 saturated heterocycles. The number of hydrogen-bond acceptors (Lipinski definition) is 4. The highest BCUT2D eigenvalue weighted by Crippen LogP contribution is 2.25. The summed E-state index contributed by atoms with van der Waals surface area (Å²) < 4.78 is 11.1. The van der Waals surface area contributed by atoms with Crippen LogP contribution >= 0.6 is 0 Å². The molecule has 1 N–H and O–H groups in total. The maximum atomic E-state index is 12.9. The molecule has 1 unspecified atom stereocenters. The van der Waals surface area contributed by atoms with Crippen molar-refractivity contribution in [3.8, 4) is 11.5 Å². The minimum atomic E-state index is -0.514. The van der Waals surface area contributed by atoms with E-state index in [1.807, 2.05) is 43.3 Å². The topological polar surface area (TPSA) is 71.8 Å². The second kappa shape index (κ2) is 8.86. The van der Waals surface area contributed by atoms with Crippen molar-refractivity contribution in [3.05, 3.63) is 78.3 Å². The van der Waals surface area contributed by atoms with Gasteiger partial charge in [-0.25, -0.2) is 0 Å². The molecule has 4 rings (SSSR count). The Morgan fingerprint density at radius 2 is 1.87 bits per heavy atom. The molecular weight excluding hydrogens is 380 g/mol. The smallest absolute Gasteiger partial charge is 0.290 e. The third kappa shape index (κ3) is 4.54. The van der Waals surface area contributed by atoms with Crippen molar-refractivity contribution in [1.82, 2.24) is 4.90 Å². The van der Waals surface area contributed by atoms with Crippen LogP contribution in [0.2, 0.25) is 0 Å². The van der Waals surface area contributed by atoms with Gasteiger partial charge in [-0.3, -0.25) is 9.59 Å². The number of benzene rings is 2. The number of piperidine rings is 1. The number of furan rings is 1. The fourth-order valence-corrected chi connectivity index (χ4v) is 3.64. The number of carbonyl (C=O) groups is 2. The lowest BCUT2D eigenvalue weighted by atomic mass is 10.0. The van der Waals surface area contributed by atoms with Crippen molar-refractivity contribution >= 4 is 17.5 Å². The number of ether oxygens (including phenoxy) is 1. The Morgan fingerprint density at radius 3 is 2.60 bits per heavy atom. The Bertz CT molecular complexity index is 1010. The second-order valence-corrected chi connectivity index (χ2v) is 7.42. The maximum absolute atomic E-state index is 12.9. The third-order valence-electron chi connectivity index (χ3n) is 5.15. The fraction of sp³-hybridized carbons (Fsp3) is 0.250. The van der Waals surface area contributed by atoms with Gasteiger partial charge in [-0.1, -0.05) is 12.1 Å². The van der Waals surface area contributed by atoms with E-state index in [1.165, 1.54) is 6.26 Å². The molecule has 0 saturated carbocycles. The number of nitrogens with zero attached hydrogens (tertiary/aromatic N) is 1. The van der Waals surface area contributed by atoms with Gasteiger partial charge in [-0.15, -0.1) is 0 Å². The molecule has 3 aromatic rings. The molecule has 30 heavy (non-hydrogen) atoms. The molecule has 0 bridgehead atoms. The maximum Gasteiger partial charge on any atom is 0.290 e. The Hall–Kier alpha value is -3.54. The summed E-state index contributed by atoms with van der Waals surface area (Å²) in [5, 5.41) is 2.92. The minimum absolute atomic E-state index is 0.193. The van der Waals surface area contributed by atoms with Crippen molar-refractivity contribution < 1.29 is 18.7 Å². The van der Waals surface area contributed by atoms with Gasteiger partial charge < -0.3 is 19.4 Å². The summed E-state index contributed by atoms with van der Waals surface area (Å²) in [5.41, 5.74) is 1.78. The van der Waals surface area contributed by atoms with Crippen LogP contribution in [-0.4, -0.2) is 29.3 Å². The SMILES string of the molecule is Cc1cccc(Oc2ccc(NC(=O)C3CCCCN3C(=O)c3ccco3)cc2)c1. The fourth-order valence-electron chi connectivity index (χ4n) is 3.64. The number of hydrogen-bond donors (Lipinski definition) is 1. The molecule has 154 valence electrons. The van der Waals surface area contributed by atoms with Crippen LogP contribution in [0.5, 0.6) is 11.5 Å². The average Bonchev–Trinajstić information content (AvgIpc) is 3.30. The first-order chi connectivity index (χ1) is 14.6. The molecule has 1 fully saturated rings. The molecule has 0 aliphatic carbocycles. The first-order valence-corrected chi connectivity index (χ1v) is 10.1. The van der Waals surface area contributed by atoms with Gasteiger partial charge in [-0.05, 0) is 80.3 Å². The van der Waals surface area contributed by atoms with Gasteiger partial charge in [0.05, 0.1) is 6.26 Å². The van der Waals surface area contributed by atoms with E-state index in [0.29, 0.717) is 24.4 Å². The zero-order valence-corrected chi connectivity index (χ0v) is 16.8. The van der Waals surface area contributed by atoms with E-state index in [4.69, 9.17) is 9.15 Å². The van der Waals surface area contributed by atoms with Crippen LogP contribution in [0.25, 0.3) is 0 Å². The summed E-state index contributed by atoms with van der Waals surface area (Å²) in [6.07, 6.45) is 3.88. The first-order valence-electron chi connectivity index (χ1n) is 10.1. The molecule has 1 aliphatic heterocycles. The second-order valence-electron chi connectivity index (χ2n) is 7.42. The Morgan fingerprint density at radius 1 is 1.03 bits per heavy atom. The van der Waals surface area contributed by atoms with Crippen molar-refractivity contribution in [3.63, 3.8) is 0 Å². The highest BCUT2D eigenvalue weighted by atomic mass is 16.5. The first kappa shape index (κ1) is 19.8. The molecule has 0 spiro atoms. The lowest BCUT2D eigenvalue weighted by molar-refractivity contribution is -0.121. The van der Waals surface area contributed by atoms with E-state index < -0.39 is 6.04 Å². The van der Waals surface area contributed by atoms with Crippen molar-refractivity contribution in [2.45, 2.75) is 32.2 Å². The quantitative estimate of drug-likeness (QED) is 0.649. The Balaban J connectivity index is 1.41. The number of nitrogens with one attached hydrogen (secondary N) is 1. The molecule has 2 heterocycles. The number of anilines is 1. The number of carbonyl (C=O) groups excluding carboxylic acids is 2. The summed E-state index contributed by atoms with van der Waals surface area (Å²) in [6, 6.07) is 17.8. The predicted octanol–water partition coefficient (Wildman–Crippen LogP) is 5.01. The van der Waals surface area contributed by atoms with E-state index in [9.17, 15) is 9.59 Å². The summed E-state index contributed by atoms with van der Waals surface area (Å²) >= 11 is 0. The van der Waals surface area contributed by atoms with Crippen molar-refractivity contribution in [1.29, 1.82) is 0 Å². The van der Waals surface area contributed by atoms with E-state index >= 15 is 0 Å². The summed E-state index contributed by atoms with van der Waals surface area (Å²) in [5.74, 6) is 1.27. The third-order valence-corrected chi connectivity index (χ3v) is 5.15. The monoisotopic (exact) mass is 404 g/mol. The molecule has 1 aromatic heterocycles. The standard InChI is InChI=1S/C24H24N2O4/c1-17-6-4-7-20(16-17)30-19-12-10-18(11-13-19)25-23(27)21-8-2-3-14-26(21)24(28)22-9-5-15-29-22/h4-7,9-13,15-16,21H,2-3,8,14H2,1H3,(H,25,27). The predicted molar refractivity (Wildman–Crippen MR) is 114 cm³/mol. The zero-order chi connectivity index (χ0) is 20.9. The van der Waals surface area contributed by atoms with Crippen LogP contribution in [0, 0.1) is 6.92 Å². The zero-order valence-electron chi connectivity index (χ0n) is 16.8. The number of aryl methyl sites for hydroxylation is 1. The van der Waals surface area contributed by atoms with E-state index in [0.717, 1.165) is 24.2 Å². The van der Waals surface area contributed by atoms with Crippen LogP contribution < -0.4 is 10.1 Å². The summed E-state index contributed by atoms with van der Waals surface area (Å²) in [6.45, 7) is 2.55. The van der Waals surface area contributed by atoms with E-state index in [2.05, 4.69) is 5.32 Å².